The van der Waals surface area contributed by atoms with Crippen LogP contribution in [0.2, 0.25) is 0 Å². The van der Waals surface area contributed by atoms with E-state index in [9.17, 15) is 0 Å². The minimum Gasteiger partial charge on any atom is -0.496 e. The lowest BCUT2D eigenvalue weighted by Gasteiger charge is -2.18. The van der Waals surface area contributed by atoms with E-state index in [0.717, 1.165) is 18.0 Å². The maximum atomic E-state index is 5.38. The molecular formula is C15H25NOS. The third-order valence-corrected chi connectivity index (χ3v) is 4.05. The van der Waals surface area contributed by atoms with E-state index in [1.165, 1.54) is 24.2 Å². The molecule has 102 valence electrons. The van der Waals surface area contributed by atoms with E-state index < -0.39 is 0 Å². The van der Waals surface area contributed by atoms with Gasteiger partial charge in [-0.3, -0.25) is 0 Å². The summed E-state index contributed by atoms with van der Waals surface area (Å²) in [5, 5.41) is 3.62. The SMILES string of the molecule is CCCNC(CCC)CSc1ccccc1OC. The number of ether oxygens (including phenoxy) is 1. The van der Waals surface area contributed by atoms with Crippen LogP contribution >= 0.6 is 11.8 Å². The van der Waals surface area contributed by atoms with Crippen LogP contribution in [-0.2, 0) is 0 Å². The molecule has 1 aromatic carbocycles. The Hall–Kier alpha value is -0.670. The molecule has 0 aliphatic heterocycles. The van der Waals surface area contributed by atoms with Crippen molar-refractivity contribution < 1.29 is 4.74 Å². The second-order valence-corrected chi connectivity index (χ2v) is 5.46. The molecule has 0 saturated carbocycles. The summed E-state index contributed by atoms with van der Waals surface area (Å²) >= 11 is 1.88. The topological polar surface area (TPSA) is 21.3 Å². The first kappa shape index (κ1) is 15.4. The van der Waals surface area contributed by atoms with Gasteiger partial charge >= 0.3 is 0 Å². The van der Waals surface area contributed by atoms with Crippen molar-refractivity contribution in [3.8, 4) is 5.75 Å². The molecule has 0 radical (unpaired) electrons. The number of benzene rings is 1. The third kappa shape index (κ3) is 5.32. The van der Waals surface area contributed by atoms with Gasteiger partial charge in [-0.1, -0.05) is 32.4 Å². The van der Waals surface area contributed by atoms with Gasteiger partial charge in [0.2, 0.25) is 0 Å². The second kappa shape index (κ2) is 9.29. The summed E-state index contributed by atoms with van der Waals surface area (Å²) in [7, 11) is 1.73. The molecule has 0 heterocycles. The Morgan fingerprint density at radius 2 is 2.00 bits per heavy atom. The van der Waals surface area contributed by atoms with E-state index in [1.54, 1.807) is 7.11 Å². The number of para-hydroxylation sites is 1. The van der Waals surface area contributed by atoms with Gasteiger partial charge in [0.05, 0.1) is 7.11 Å². The average molecular weight is 267 g/mol. The maximum absolute atomic E-state index is 5.38. The van der Waals surface area contributed by atoms with Crippen LogP contribution in [-0.4, -0.2) is 25.4 Å². The second-order valence-electron chi connectivity index (χ2n) is 4.40. The zero-order valence-electron chi connectivity index (χ0n) is 11.7. The minimum atomic E-state index is 0.602. The molecule has 3 heteroatoms. The summed E-state index contributed by atoms with van der Waals surface area (Å²) in [6.07, 6.45) is 3.66. The lowest BCUT2D eigenvalue weighted by Crippen LogP contribution is -2.31. The highest BCUT2D eigenvalue weighted by Gasteiger charge is 2.09. The molecule has 0 fully saturated rings. The first-order chi connectivity index (χ1) is 8.81. The lowest BCUT2D eigenvalue weighted by molar-refractivity contribution is 0.404. The largest absolute Gasteiger partial charge is 0.496 e. The zero-order valence-corrected chi connectivity index (χ0v) is 12.6. The van der Waals surface area contributed by atoms with E-state index in [1.807, 2.05) is 23.9 Å². The van der Waals surface area contributed by atoms with Gasteiger partial charge < -0.3 is 10.1 Å². The van der Waals surface area contributed by atoms with Crippen LogP contribution < -0.4 is 10.1 Å². The van der Waals surface area contributed by atoms with Crippen molar-refractivity contribution in [2.45, 2.75) is 44.0 Å². The Bertz CT molecular complexity index is 330. The van der Waals surface area contributed by atoms with Gasteiger partial charge in [-0.2, -0.15) is 0 Å². The van der Waals surface area contributed by atoms with Crippen LogP contribution in [0, 0.1) is 0 Å². The number of thioether (sulfide) groups is 1. The molecule has 1 rings (SSSR count). The van der Waals surface area contributed by atoms with Crippen molar-refractivity contribution in [3.63, 3.8) is 0 Å². The van der Waals surface area contributed by atoms with Gasteiger partial charge in [-0.05, 0) is 31.5 Å². The predicted octanol–water partition coefficient (Wildman–Crippen LogP) is 3.96. The number of nitrogens with one attached hydrogen (secondary N) is 1. The smallest absolute Gasteiger partial charge is 0.132 e. The molecule has 0 saturated heterocycles. The van der Waals surface area contributed by atoms with Gasteiger partial charge in [0.15, 0.2) is 0 Å². The molecule has 0 aromatic heterocycles. The van der Waals surface area contributed by atoms with Crippen molar-refractivity contribution >= 4 is 11.8 Å². The van der Waals surface area contributed by atoms with Crippen molar-refractivity contribution in [2.24, 2.45) is 0 Å². The standard InChI is InChI=1S/C15H25NOS/c1-4-8-13(16-11-5-2)12-18-15-10-7-6-9-14(15)17-3/h6-7,9-10,13,16H,4-5,8,11-12H2,1-3H3. The Kier molecular flexibility index (Phi) is 7.94. The third-order valence-electron chi connectivity index (χ3n) is 2.83. The molecule has 1 atom stereocenters. The number of hydrogen-bond acceptors (Lipinski definition) is 3. The number of methoxy groups -OCH3 is 1. The maximum Gasteiger partial charge on any atom is 0.132 e. The molecule has 18 heavy (non-hydrogen) atoms. The number of rotatable bonds is 9. The number of hydrogen-bond donors (Lipinski definition) is 1. The molecular weight excluding hydrogens is 242 g/mol. The lowest BCUT2D eigenvalue weighted by atomic mass is 10.2. The van der Waals surface area contributed by atoms with E-state index >= 15 is 0 Å². The Morgan fingerprint density at radius 3 is 2.67 bits per heavy atom. The average Bonchev–Trinajstić information content (AvgIpc) is 2.42. The van der Waals surface area contributed by atoms with Gasteiger partial charge in [0, 0.05) is 16.7 Å². The Morgan fingerprint density at radius 1 is 1.22 bits per heavy atom. The summed E-state index contributed by atoms with van der Waals surface area (Å²) in [6.45, 7) is 5.56. The first-order valence-corrected chi connectivity index (χ1v) is 7.79. The summed E-state index contributed by atoms with van der Waals surface area (Å²) < 4.78 is 5.38. The van der Waals surface area contributed by atoms with Crippen molar-refractivity contribution in [3.05, 3.63) is 24.3 Å². The summed E-state index contributed by atoms with van der Waals surface area (Å²) in [6, 6.07) is 8.84. The first-order valence-electron chi connectivity index (χ1n) is 6.81. The van der Waals surface area contributed by atoms with Gasteiger partial charge in [-0.15, -0.1) is 11.8 Å². The van der Waals surface area contributed by atoms with Crippen molar-refractivity contribution in [1.29, 1.82) is 0 Å². The summed E-state index contributed by atoms with van der Waals surface area (Å²) in [5.74, 6) is 2.09. The van der Waals surface area contributed by atoms with Crippen molar-refractivity contribution in [1.82, 2.24) is 5.32 Å². The highest BCUT2D eigenvalue weighted by atomic mass is 32.2. The van der Waals surface area contributed by atoms with E-state index in [2.05, 4.69) is 31.3 Å². The molecule has 1 unspecified atom stereocenters. The van der Waals surface area contributed by atoms with Gasteiger partial charge in [-0.25, -0.2) is 0 Å². The van der Waals surface area contributed by atoms with E-state index in [0.29, 0.717) is 6.04 Å². The zero-order chi connectivity index (χ0) is 13.2. The molecule has 1 N–H and O–H groups in total. The van der Waals surface area contributed by atoms with Crippen LogP contribution in [0.3, 0.4) is 0 Å². The Labute approximate surface area is 116 Å². The van der Waals surface area contributed by atoms with E-state index in [-0.39, 0.29) is 0 Å². The highest BCUT2D eigenvalue weighted by Crippen LogP contribution is 2.29. The molecule has 0 amide bonds. The fraction of sp³-hybridized carbons (Fsp3) is 0.600. The van der Waals surface area contributed by atoms with E-state index in [4.69, 9.17) is 4.74 Å². The fourth-order valence-electron chi connectivity index (χ4n) is 1.87. The molecule has 0 aliphatic rings. The summed E-state index contributed by atoms with van der Waals surface area (Å²) in [4.78, 5) is 1.24. The molecule has 0 bridgehead atoms. The normalized spacial score (nSPS) is 12.4. The van der Waals surface area contributed by atoms with Gasteiger partial charge in [0.25, 0.3) is 0 Å². The molecule has 2 nitrogen and oxygen atoms in total. The molecule has 1 aromatic rings. The fourth-order valence-corrected chi connectivity index (χ4v) is 3.00. The van der Waals surface area contributed by atoms with Gasteiger partial charge in [0.1, 0.15) is 5.75 Å². The Balaban J connectivity index is 2.49. The van der Waals surface area contributed by atoms with Crippen LogP contribution in [0.25, 0.3) is 0 Å². The van der Waals surface area contributed by atoms with Crippen LogP contribution in [0.5, 0.6) is 5.75 Å². The van der Waals surface area contributed by atoms with Crippen LogP contribution in [0.1, 0.15) is 33.1 Å². The monoisotopic (exact) mass is 267 g/mol. The minimum absolute atomic E-state index is 0.602. The highest BCUT2D eigenvalue weighted by molar-refractivity contribution is 7.99. The van der Waals surface area contributed by atoms with Crippen molar-refractivity contribution in [2.75, 3.05) is 19.4 Å². The molecule has 0 spiro atoms. The quantitative estimate of drug-likeness (QED) is 0.684. The summed E-state index contributed by atoms with van der Waals surface area (Å²) in [5.41, 5.74) is 0. The van der Waals surface area contributed by atoms with Crippen LogP contribution in [0.4, 0.5) is 0 Å². The predicted molar refractivity (Wildman–Crippen MR) is 80.7 cm³/mol. The molecule has 0 aliphatic carbocycles. The van der Waals surface area contributed by atoms with Crippen LogP contribution in [0.15, 0.2) is 29.2 Å².